The first kappa shape index (κ1) is 18.2. The van der Waals surface area contributed by atoms with Crippen LogP contribution in [-0.2, 0) is 17.6 Å². The van der Waals surface area contributed by atoms with E-state index < -0.39 is 0 Å². The molecule has 142 valence electrons. The van der Waals surface area contributed by atoms with Gasteiger partial charge in [-0.1, -0.05) is 56.3 Å². The van der Waals surface area contributed by atoms with Gasteiger partial charge in [-0.15, -0.1) is 0 Å². The van der Waals surface area contributed by atoms with Crippen LogP contribution in [0.15, 0.2) is 54.9 Å². The van der Waals surface area contributed by atoms with Crippen molar-refractivity contribution in [2.24, 2.45) is 11.3 Å². The van der Waals surface area contributed by atoms with Gasteiger partial charge < -0.3 is 9.72 Å². The van der Waals surface area contributed by atoms with Crippen LogP contribution in [0, 0.1) is 11.3 Å². The third kappa shape index (κ3) is 4.41. The van der Waals surface area contributed by atoms with Gasteiger partial charge in [-0.2, -0.15) is 0 Å². The van der Waals surface area contributed by atoms with Crippen LogP contribution in [0.3, 0.4) is 0 Å². The summed E-state index contributed by atoms with van der Waals surface area (Å²) in [4.78, 5) is 7.71. The molecule has 4 rings (SSSR count). The largest absolute Gasteiger partial charge is 0.378 e. The van der Waals surface area contributed by atoms with Gasteiger partial charge in [0.05, 0.1) is 12.7 Å². The number of ether oxygens (including phenoxy) is 1. The summed E-state index contributed by atoms with van der Waals surface area (Å²) in [6, 6.07) is 15.2. The van der Waals surface area contributed by atoms with Crippen LogP contribution in [0.5, 0.6) is 0 Å². The molecule has 2 atom stereocenters. The number of hydrogen-bond acceptors (Lipinski definition) is 2. The number of fused-ring (bicyclic) bond motifs is 1. The lowest BCUT2D eigenvalue weighted by molar-refractivity contribution is -0.0372. The molecular weight excluding hydrogens is 332 g/mol. The summed E-state index contributed by atoms with van der Waals surface area (Å²) in [7, 11) is 0. The molecule has 0 spiro atoms. The summed E-state index contributed by atoms with van der Waals surface area (Å²) in [5.74, 6) is 1.62. The first-order valence-corrected chi connectivity index (χ1v) is 10.2. The Hall–Kier alpha value is -2.13. The van der Waals surface area contributed by atoms with Crippen LogP contribution in [0.4, 0.5) is 0 Å². The second-order valence-corrected chi connectivity index (χ2v) is 8.70. The molecule has 3 heteroatoms. The summed E-state index contributed by atoms with van der Waals surface area (Å²) < 4.78 is 6.45. The monoisotopic (exact) mass is 362 g/mol. The molecule has 0 saturated heterocycles. The SMILES string of the molecule is CC1(C)CCC(OCCc2cccc3ccccc23)C(Cc2ncc[nH]2)C1. The minimum Gasteiger partial charge on any atom is -0.378 e. The molecule has 0 amide bonds. The number of hydrogen-bond donors (Lipinski definition) is 1. The van der Waals surface area contributed by atoms with Gasteiger partial charge in [0.2, 0.25) is 0 Å². The van der Waals surface area contributed by atoms with E-state index in [1.165, 1.54) is 29.2 Å². The van der Waals surface area contributed by atoms with Crippen LogP contribution >= 0.6 is 0 Å². The van der Waals surface area contributed by atoms with Gasteiger partial charge in [-0.05, 0) is 53.4 Å². The zero-order valence-electron chi connectivity index (χ0n) is 16.4. The van der Waals surface area contributed by atoms with Crippen molar-refractivity contribution in [1.29, 1.82) is 0 Å². The predicted molar refractivity (Wildman–Crippen MR) is 111 cm³/mol. The van der Waals surface area contributed by atoms with Crippen molar-refractivity contribution in [3.8, 4) is 0 Å². The van der Waals surface area contributed by atoms with Crippen molar-refractivity contribution in [2.45, 2.75) is 52.1 Å². The van der Waals surface area contributed by atoms with E-state index in [9.17, 15) is 0 Å². The van der Waals surface area contributed by atoms with E-state index in [1.807, 2.05) is 12.4 Å². The fourth-order valence-corrected chi connectivity index (χ4v) is 4.62. The van der Waals surface area contributed by atoms with Crippen LogP contribution in [-0.4, -0.2) is 22.7 Å². The second kappa shape index (κ2) is 7.85. The maximum atomic E-state index is 6.45. The maximum absolute atomic E-state index is 6.45. The zero-order chi connectivity index (χ0) is 18.7. The quantitative estimate of drug-likeness (QED) is 0.623. The number of H-pyrrole nitrogens is 1. The highest BCUT2D eigenvalue weighted by Gasteiger charge is 2.35. The molecular formula is C24H30N2O. The Morgan fingerprint density at radius 3 is 2.85 bits per heavy atom. The standard InChI is InChI=1S/C24H30N2O/c1-24(2)12-10-22(20(17-24)16-23-25-13-14-26-23)27-15-11-19-8-5-7-18-6-3-4-9-21(18)19/h3-9,13-14,20,22H,10-12,15-17H2,1-2H3,(H,25,26). The third-order valence-corrected chi connectivity index (χ3v) is 6.04. The summed E-state index contributed by atoms with van der Waals surface area (Å²) in [5.41, 5.74) is 1.78. The van der Waals surface area contributed by atoms with E-state index >= 15 is 0 Å². The molecule has 3 nitrogen and oxygen atoms in total. The van der Waals surface area contributed by atoms with Crippen molar-refractivity contribution in [1.82, 2.24) is 9.97 Å². The molecule has 27 heavy (non-hydrogen) atoms. The Bertz CT molecular complexity index is 864. The summed E-state index contributed by atoms with van der Waals surface area (Å²) in [6.07, 6.45) is 9.63. The molecule has 2 aromatic carbocycles. The van der Waals surface area contributed by atoms with E-state index in [4.69, 9.17) is 4.74 Å². The van der Waals surface area contributed by atoms with Gasteiger partial charge in [-0.3, -0.25) is 0 Å². The number of aromatic amines is 1. The first-order chi connectivity index (χ1) is 13.1. The highest BCUT2D eigenvalue weighted by Crippen LogP contribution is 2.41. The number of nitrogens with one attached hydrogen (secondary N) is 1. The third-order valence-electron chi connectivity index (χ3n) is 6.04. The average molecular weight is 363 g/mol. The molecule has 1 saturated carbocycles. The van der Waals surface area contributed by atoms with Crippen molar-refractivity contribution in [3.63, 3.8) is 0 Å². The summed E-state index contributed by atoms with van der Waals surface area (Å²) in [6.45, 7) is 5.55. The molecule has 0 aliphatic heterocycles. The topological polar surface area (TPSA) is 37.9 Å². The highest BCUT2D eigenvalue weighted by atomic mass is 16.5. The lowest BCUT2D eigenvalue weighted by Gasteiger charge is -2.40. The van der Waals surface area contributed by atoms with Gasteiger partial charge >= 0.3 is 0 Å². The summed E-state index contributed by atoms with van der Waals surface area (Å²) >= 11 is 0. The fourth-order valence-electron chi connectivity index (χ4n) is 4.62. The van der Waals surface area contributed by atoms with E-state index in [0.29, 0.717) is 17.4 Å². The number of imidazole rings is 1. The van der Waals surface area contributed by atoms with Gasteiger partial charge in [0.1, 0.15) is 5.82 Å². The van der Waals surface area contributed by atoms with Crippen LogP contribution in [0.1, 0.15) is 44.5 Å². The molecule has 0 bridgehead atoms. The van der Waals surface area contributed by atoms with Crippen molar-refractivity contribution in [3.05, 3.63) is 66.2 Å². The fraction of sp³-hybridized carbons (Fsp3) is 0.458. The highest BCUT2D eigenvalue weighted by molar-refractivity contribution is 5.85. The van der Waals surface area contributed by atoms with Crippen molar-refractivity contribution >= 4 is 10.8 Å². The Morgan fingerprint density at radius 2 is 2.00 bits per heavy atom. The molecule has 1 fully saturated rings. The molecule has 0 radical (unpaired) electrons. The lowest BCUT2D eigenvalue weighted by atomic mass is 9.70. The molecule has 1 heterocycles. The normalized spacial score (nSPS) is 22.1. The molecule has 3 aromatic rings. The van der Waals surface area contributed by atoms with Gasteiger partial charge in [0, 0.05) is 18.8 Å². The number of benzene rings is 2. The number of aromatic nitrogens is 2. The number of rotatable bonds is 6. The van der Waals surface area contributed by atoms with Gasteiger partial charge in [-0.25, -0.2) is 4.98 Å². The smallest absolute Gasteiger partial charge is 0.106 e. The molecule has 1 aromatic heterocycles. The van der Waals surface area contributed by atoms with Crippen molar-refractivity contribution in [2.75, 3.05) is 6.61 Å². The van der Waals surface area contributed by atoms with Crippen LogP contribution in [0.2, 0.25) is 0 Å². The van der Waals surface area contributed by atoms with E-state index in [0.717, 1.165) is 31.7 Å². The molecule has 2 unspecified atom stereocenters. The molecule has 1 aliphatic rings. The predicted octanol–water partition coefficient (Wildman–Crippen LogP) is 5.56. The summed E-state index contributed by atoms with van der Waals surface area (Å²) in [5, 5.41) is 2.66. The minimum absolute atomic E-state index is 0.332. The Morgan fingerprint density at radius 1 is 1.15 bits per heavy atom. The van der Waals surface area contributed by atoms with Gasteiger partial charge in [0.15, 0.2) is 0 Å². The van der Waals surface area contributed by atoms with E-state index in [-0.39, 0.29) is 0 Å². The lowest BCUT2D eigenvalue weighted by Crippen LogP contribution is -2.37. The second-order valence-electron chi connectivity index (χ2n) is 8.70. The van der Waals surface area contributed by atoms with Crippen LogP contribution < -0.4 is 0 Å². The Balaban J connectivity index is 1.41. The van der Waals surface area contributed by atoms with E-state index in [2.05, 4.69) is 66.3 Å². The first-order valence-electron chi connectivity index (χ1n) is 10.2. The number of nitrogens with zero attached hydrogens (tertiary/aromatic N) is 1. The van der Waals surface area contributed by atoms with E-state index in [1.54, 1.807) is 0 Å². The zero-order valence-corrected chi connectivity index (χ0v) is 16.4. The molecule has 1 N–H and O–H groups in total. The Labute approximate surface area is 162 Å². The van der Waals surface area contributed by atoms with Crippen molar-refractivity contribution < 1.29 is 4.74 Å². The minimum atomic E-state index is 0.332. The maximum Gasteiger partial charge on any atom is 0.106 e. The average Bonchev–Trinajstić information content (AvgIpc) is 3.16. The van der Waals surface area contributed by atoms with Crippen LogP contribution in [0.25, 0.3) is 10.8 Å². The van der Waals surface area contributed by atoms with Gasteiger partial charge in [0.25, 0.3) is 0 Å². The molecule has 1 aliphatic carbocycles. The Kier molecular flexibility index (Phi) is 5.31.